The molecule has 3 rings (SSSR count). The van der Waals surface area contributed by atoms with Crippen LogP contribution in [0.15, 0.2) is 4.52 Å². The first-order chi connectivity index (χ1) is 11.7. The van der Waals surface area contributed by atoms with Gasteiger partial charge in [-0.2, -0.15) is 4.98 Å². The predicted octanol–water partition coefficient (Wildman–Crippen LogP) is 2.08. The second-order valence-corrected chi connectivity index (χ2v) is 7.78. The number of likely N-dealkylation sites (tertiary alicyclic amines) is 2. The van der Waals surface area contributed by atoms with E-state index in [-0.39, 0.29) is 6.61 Å². The maximum Gasteiger partial charge on any atom is 0.240 e. The molecule has 2 aliphatic heterocycles. The van der Waals surface area contributed by atoms with Gasteiger partial charge in [0.15, 0.2) is 5.82 Å². The zero-order chi connectivity index (χ0) is 16.9. The lowest BCUT2D eigenvalue weighted by atomic mass is 10.1. The summed E-state index contributed by atoms with van der Waals surface area (Å²) < 4.78 is 5.46. The molecule has 0 radical (unpaired) electrons. The van der Waals surface area contributed by atoms with Crippen LogP contribution in [0.3, 0.4) is 0 Å². The molecule has 2 fully saturated rings. The topological polar surface area (TPSA) is 65.6 Å². The average molecular weight is 336 g/mol. The van der Waals surface area contributed by atoms with Gasteiger partial charge in [-0.3, -0.25) is 9.80 Å². The highest BCUT2D eigenvalue weighted by atomic mass is 16.5. The van der Waals surface area contributed by atoms with E-state index in [4.69, 9.17) is 4.52 Å². The summed E-state index contributed by atoms with van der Waals surface area (Å²) in [5, 5.41) is 13.6. The van der Waals surface area contributed by atoms with E-state index >= 15 is 0 Å². The van der Waals surface area contributed by atoms with Gasteiger partial charge in [0.25, 0.3) is 0 Å². The van der Waals surface area contributed by atoms with E-state index < -0.39 is 0 Å². The van der Waals surface area contributed by atoms with Crippen LogP contribution < -0.4 is 0 Å². The molecule has 0 spiro atoms. The standard InChI is InChI=1S/C18H32N4O2/c1-14(2)7-8-17-19-18(24-20-17)12-22-10-3-5-15(22)11-21-9-4-6-16(21)13-23/h14-16,23H,3-13H2,1-2H3. The first kappa shape index (κ1) is 17.8. The minimum atomic E-state index is 0.287. The third kappa shape index (κ3) is 4.55. The molecule has 1 aromatic heterocycles. The first-order valence-electron chi connectivity index (χ1n) is 9.56. The Labute approximate surface area is 145 Å². The van der Waals surface area contributed by atoms with E-state index in [1.165, 1.54) is 19.3 Å². The SMILES string of the molecule is CC(C)CCc1noc(CN2CCCC2CN2CCCC2CO)n1. The highest BCUT2D eigenvalue weighted by Crippen LogP contribution is 2.24. The van der Waals surface area contributed by atoms with E-state index in [0.29, 0.717) is 18.0 Å². The largest absolute Gasteiger partial charge is 0.395 e. The first-order valence-corrected chi connectivity index (χ1v) is 9.56. The van der Waals surface area contributed by atoms with Crippen LogP contribution in [-0.2, 0) is 13.0 Å². The smallest absolute Gasteiger partial charge is 0.240 e. The van der Waals surface area contributed by atoms with Crippen LogP contribution in [0.4, 0.5) is 0 Å². The molecule has 0 bridgehead atoms. The number of aliphatic hydroxyl groups excluding tert-OH is 1. The van der Waals surface area contributed by atoms with Crippen molar-refractivity contribution in [1.82, 2.24) is 19.9 Å². The van der Waals surface area contributed by atoms with Crippen molar-refractivity contribution in [2.45, 2.75) is 71.0 Å². The highest BCUT2D eigenvalue weighted by molar-refractivity contribution is 4.91. The van der Waals surface area contributed by atoms with Crippen molar-refractivity contribution in [3.63, 3.8) is 0 Å². The van der Waals surface area contributed by atoms with Gasteiger partial charge in [-0.15, -0.1) is 0 Å². The molecular formula is C18H32N4O2. The zero-order valence-electron chi connectivity index (χ0n) is 15.2. The number of aromatic nitrogens is 2. The van der Waals surface area contributed by atoms with Crippen LogP contribution >= 0.6 is 0 Å². The molecular weight excluding hydrogens is 304 g/mol. The van der Waals surface area contributed by atoms with Crippen molar-refractivity contribution in [3.8, 4) is 0 Å². The average Bonchev–Trinajstić information content (AvgIpc) is 3.28. The summed E-state index contributed by atoms with van der Waals surface area (Å²) in [5.41, 5.74) is 0. The normalized spacial score (nSPS) is 26.0. The van der Waals surface area contributed by atoms with Crippen LogP contribution in [0, 0.1) is 5.92 Å². The van der Waals surface area contributed by atoms with Gasteiger partial charge in [0.2, 0.25) is 5.89 Å². The molecule has 3 heterocycles. The molecule has 6 nitrogen and oxygen atoms in total. The van der Waals surface area contributed by atoms with Crippen molar-refractivity contribution < 1.29 is 9.63 Å². The fraction of sp³-hybridized carbons (Fsp3) is 0.889. The van der Waals surface area contributed by atoms with Gasteiger partial charge in [0.05, 0.1) is 13.2 Å². The number of aliphatic hydroxyl groups is 1. The summed E-state index contributed by atoms with van der Waals surface area (Å²) in [6.45, 7) is 8.76. The minimum absolute atomic E-state index is 0.287. The van der Waals surface area contributed by atoms with E-state index in [1.54, 1.807) is 0 Å². The fourth-order valence-corrected chi connectivity index (χ4v) is 3.97. The summed E-state index contributed by atoms with van der Waals surface area (Å²) in [6.07, 6.45) is 6.80. The lowest BCUT2D eigenvalue weighted by Crippen LogP contribution is -2.43. The predicted molar refractivity (Wildman–Crippen MR) is 92.6 cm³/mol. The van der Waals surface area contributed by atoms with Gasteiger partial charge >= 0.3 is 0 Å². The molecule has 6 heteroatoms. The Balaban J connectivity index is 1.52. The Morgan fingerprint density at radius 2 is 1.92 bits per heavy atom. The van der Waals surface area contributed by atoms with Crippen LogP contribution in [-0.4, -0.2) is 63.4 Å². The van der Waals surface area contributed by atoms with E-state index in [2.05, 4.69) is 33.8 Å². The van der Waals surface area contributed by atoms with Gasteiger partial charge in [-0.05, 0) is 51.1 Å². The van der Waals surface area contributed by atoms with Crippen molar-refractivity contribution in [1.29, 1.82) is 0 Å². The Hall–Kier alpha value is -0.980. The summed E-state index contributed by atoms with van der Waals surface area (Å²) in [5.74, 6) is 2.25. The highest BCUT2D eigenvalue weighted by Gasteiger charge is 2.31. The zero-order valence-corrected chi connectivity index (χ0v) is 15.2. The number of nitrogens with zero attached hydrogens (tertiary/aromatic N) is 4. The van der Waals surface area contributed by atoms with Gasteiger partial charge < -0.3 is 9.63 Å². The molecule has 2 atom stereocenters. The molecule has 24 heavy (non-hydrogen) atoms. The van der Waals surface area contributed by atoms with Crippen LogP contribution in [0.25, 0.3) is 0 Å². The van der Waals surface area contributed by atoms with E-state index in [0.717, 1.165) is 57.2 Å². The van der Waals surface area contributed by atoms with E-state index in [9.17, 15) is 5.11 Å². The summed E-state index contributed by atoms with van der Waals surface area (Å²) in [7, 11) is 0. The lowest BCUT2D eigenvalue weighted by Gasteiger charge is -2.30. The number of hydrogen-bond acceptors (Lipinski definition) is 6. The number of rotatable bonds is 8. The monoisotopic (exact) mass is 336 g/mol. The second kappa shape index (κ2) is 8.41. The van der Waals surface area contributed by atoms with Gasteiger partial charge in [0.1, 0.15) is 0 Å². The quantitative estimate of drug-likeness (QED) is 0.784. The lowest BCUT2D eigenvalue weighted by molar-refractivity contribution is 0.115. The van der Waals surface area contributed by atoms with Gasteiger partial charge in [0, 0.05) is 25.0 Å². The molecule has 0 aliphatic carbocycles. The van der Waals surface area contributed by atoms with Crippen molar-refractivity contribution >= 4 is 0 Å². The summed E-state index contributed by atoms with van der Waals surface area (Å²) in [4.78, 5) is 9.51. The maximum atomic E-state index is 9.52. The van der Waals surface area contributed by atoms with Crippen molar-refractivity contribution in [3.05, 3.63) is 11.7 Å². The molecule has 136 valence electrons. The van der Waals surface area contributed by atoms with Crippen LogP contribution in [0.5, 0.6) is 0 Å². The molecule has 2 aliphatic rings. The Kier molecular flexibility index (Phi) is 6.25. The summed E-state index contributed by atoms with van der Waals surface area (Å²) in [6, 6.07) is 0.904. The molecule has 2 saturated heterocycles. The third-order valence-electron chi connectivity index (χ3n) is 5.45. The Bertz CT molecular complexity index is 505. The van der Waals surface area contributed by atoms with Gasteiger partial charge in [-0.25, -0.2) is 0 Å². The second-order valence-electron chi connectivity index (χ2n) is 7.78. The van der Waals surface area contributed by atoms with Crippen molar-refractivity contribution in [2.75, 3.05) is 26.2 Å². The van der Waals surface area contributed by atoms with Crippen LogP contribution in [0.1, 0.15) is 57.7 Å². The van der Waals surface area contributed by atoms with Crippen molar-refractivity contribution in [2.24, 2.45) is 5.92 Å². The fourth-order valence-electron chi connectivity index (χ4n) is 3.97. The van der Waals surface area contributed by atoms with E-state index in [1.807, 2.05) is 0 Å². The Morgan fingerprint density at radius 3 is 2.67 bits per heavy atom. The molecule has 0 aromatic carbocycles. The maximum absolute atomic E-state index is 9.52. The number of hydrogen-bond donors (Lipinski definition) is 1. The third-order valence-corrected chi connectivity index (χ3v) is 5.45. The minimum Gasteiger partial charge on any atom is -0.395 e. The van der Waals surface area contributed by atoms with Crippen LogP contribution in [0.2, 0.25) is 0 Å². The molecule has 0 amide bonds. The molecule has 1 aromatic rings. The Morgan fingerprint density at radius 1 is 1.17 bits per heavy atom. The molecule has 1 N–H and O–H groups in total. The van der Waals surface area contributed by atoms with Gasteiger partial charge in [-0.1, -0.05) is 19.0 Å². The summed E-state index contributed by atoms with van der Waals surface area (Å²) >= 11 is 0. The molecule has 2 unspecified atom stereocenters. The number of aryl methyl sites for hydroxylation is 1. The molecule has 0 saturated carbocycles.